The van der Waals surface area contributed by atoms with Gasteiger partial charge in [0.2, 0.25) is 0 Å². The maximum absolute atomic E-state index is 11.0. The van der Waals surface area contributed by atoms with Crippen LogP contribution in [-0.4, -0.2) is 36.4 Å². The summed E-state index contributed by atoms with van der Waals surface area (Å²) < 4.78 is 5.49. The standard InChI is InChI=1S/C14H19NO3/c1-10-8-11(4-5-12(10)13(16)17)15-6-7-18-9-14(15,2)3/h4-5,8H,6-7,9H2,1-3H3,(H,16,17). The molecule has 1 aromatic carbocycles. The zero-order chi connectivity index (χ0) is 13.3. The number of carboxylic acid groups (broad SMARTS) is 1. The molecule has 1 heterocycles. The minimum atomic E-state index is -0.875. The lowest BCUT2D eigenvalue weighted by Gasteiger charge is -2.44. The second-order valence-corrected chi connectivity index (χ2v) is 5.32. The molecule has 0 amide bonds. The molecule has 98 valence electrons. The van der Waals surface area contributed by atoms with E-state index < -0.39 is 5.97 Å². The van der Waals surface area contributed by atoms with Crippen molar-refractivity contribution in [2.24, 2.45) is 0 Å². The monoisotopic (exact) mass is 249 g/mol. The van der Waals surface area contributed by atoms with Crippen LogP contribution in [0.4, 0.5) is 5.69 Å². The van der Waals surface area contributed by atoms with Crippen molar-refractivity contribution in [3.8, 4) is 0 Å². The van der Waals surface area contributed by atoms with Crippen molar-refractivity contribution in [3.05, 3.63) is 29.3 Å². The number of hydrogen-bond acceptors (Lipinski definition) is 3. The molecule has 4 nitrogen and oxygen atoms in total. The van der Waals surface area contributed by atoms with Crippen LogP contribution in [0, 0.1) is 6.92 Å². The van der Waals surface area contributed by atoms with E-state index in [0.29, 0.717) is 18.8 Å². The Morgan fingerprint density at radius 3 is 2.72 bits per heavy atom. The van der Waals surface area contributed by atoms with E-state index in [2.05, 4.69) is 18.7 Å². The summed E-state index contributed by atoms with van der Waals surface area (Å²) in [6.45, 7) is 8.33. The summed E-state index contributed by atoms with van der Waals surface area (Å²) in [5, 5.41) is 9.04. The van der Waals surface area contributed by atoms with E-state index >= 15 is 0 Å². The molecular formula is C14H19NO3. The average Bonchev–Trinajstić information content (AvgIpc) is 2.27. The van der Waals surface area contributed by atoms with Gasteiger partial charge in [0.05, 0.1) is 24.3 Å². The van der Waals surface area contributed by atoms with Crippen LogP contribution in [0.2, 0.25) is 0 Å². The highest BCUT2D eigenvalue weighted by Gasteiger charge is 2.30. The number of nitrogens with zero attached hydrogens (tertiary/aromatic N) is 1. The van der Waals surface area contributed by atoms with Gasteiger partial charge in [-0.25, -0.2) is 4.79 Å². The summed E-state index contributed by atoms with van der Waals surface area (Å²) >= 11 is 0. The van der Waals surface area contributed by atoms with Gasteiger partial charge in [0, 0.05) is 12.2 Å². The molecule has 1 aliphatic heterocycles. The normalized spacial score (nSPS) is 18.7. The first-order chi connectivity index (χ1) is 8.42. The number of anilines is 1. The number of hydrogen-bond donors (Lipinski definition) is 1. The third kappa shape index (κ3) is 2.34. The molecule has 2 rings (SSSR count). The zero-order valence-electron chi connectivity index (χ0n) is 11.1. The van der Waals surface area contributed by atoms with Gasteiger partial charge in [-0.1, -0.05) is 0 Å². The Morgan fingerprint density at radius 2 is 2.17 bits per heavy atom. The minimum Gasteiger partial charge on any atom is -0.478 e. The summed E-state index contributed by atoms with van der Waals surface area (Å²) in [5.41, 5.74) is 2.16. The number of aromatic carboxylic acids is 1. The number of carboxylic acids is 1. The molecular weight excluding hydrogens is 230 g/mol. The number of morpholine rings is 1. The number of rotatable bonds is 2. The summed E-state index contributed by atoms with van der Waals surface area (Å²) in [6, 6.07) is 5.50. The Morgan fingerprint density at radius 1 is 1.44 bits per heavy atom. The van der Waals surface area contributed by atoms with Crippen molar-refractivity contribution in [1.82, 2.24) is 0 Å². The molecule has 1 aromatic rings. The van der Waals surface area contributed by atoms with Crippen molar-refractivity contribution in [1.29, 1.82) is 0 Å². The Labute approximate surface area is 107 Å². The second kappa shape index (κ2) is 4.61. The predicted molar refractivity (Wildman–Crippen MR) is 70.4 cm³/mol. The molecule has 1 saturated heterocycles. The van der Waals surface area contributed by atoms with Crippen LogP contribution in [0.3, 0.4) is 0 Å². The Bertz CT molecular complexity index is 468. The first kappa shape index (κ1) is 12.9. The third-order valence-corrected chi connectivity index (χ3v) is 3.40. The van der Waals surface area contributed by atoms with E-state index in [0.717, 1.165) is 17.8 Å². The molecule has 0 aromatic heterocycles. The van der Waals surface area contributed by atoms with Crippen LogP contribution < -0.4 is 4.90 Å². The third-order valence-electron chi connectivity index (χ3n) is 3.40. The van der Waals surface area contributed by atoms with Crippen LogP contribution in [-0.2, 0) is 4.74 Å². The summed E-state index contributed by atoms with van der Waals surface area (Å²) in [4.78, 5) is 13.3. The van der Waals surface area contributed by atoms with Gasteiger partial charge < -0.3 is 14.7 Å². The zero-order valence-corrected chi connectivity index (χ0v) is 11.1. The van der Waals surface area contributed by atoms with Crippen molar-refractivity contribution in [2.45, 2.75) is 26.3 Å². The van der Waals surface area contributed by atoms with E-state index in [1.54, 1.807) is 6.07 Å². The fourth-order valence-electron chi connectivity index (χ4n) is 2.39. The highest BCUT2D eigenvalue weighted by atomic mass is 16.5. The highest BCUT2D eigenvalue weighted by Crippen LogP contribution is 2.28. The van der Waals surface area contributed by atoms with E-state index in [-0.39, 0.29) is 5.54 Å². The molecule has 4 heteroatoms. The van der Waals surface area contributed by atoms with Gasteiger partial charge in [-0.05, 0) is 44.5 Å². The smallest absolute Gasteiger partial charge is 0.335 e. The van der Waals surface area contributed by atoms with Gasteiger partial charge in [0.25, 0.3) is 0 Å². The molecule has 1 N–H and O–H groups in total. The van der Waals surface area contributed by atoms with E-state index in [1.807, 2.05) is 19.1 Å². The number of benzene rings is 1. The van der Waals surface area contributed by atoms with E-state index in [4.69, 9.17) is 9.84 Å². The van der Waals surface area contributed by atoms with Crippen LogP contribution in [0.5, 0.6) is 0 Å². The largest absolute Gasteiger partial charge is 0.478 e. The minimum absolute atomic E-state index is 0.0601. The average molecular weight is 249 g/mol. The van der Waals surface area contributed by atoms with Crippen molar-refractivity contribution >= 4 is 11.7 Å². The molecule has 0 atom stereocenters. The van der Waals surface area contributed by atoms with Crippen molar-refractivity contribution in [2.75, 3.05) is 24.7 Å². The number of ether oxygens (including phenoxy) is 1. The lowest BCUT2D eigenvalue weighted by Crippen LogP contribution is -2.53. The molecule has 1 fully saturated rings. The van der Waals surface area contributed by atoms with Gasteiger partial charge in [-0.3, -0.25) is 0 Å². The van der Waals surface area contributed by atoms with Crippen molar-refractivity contribution < 1.29 is 14.6 Å². The van der Waals surface area contributed by atoms with Crippen LogP contribution >= 0.6 is 0 Å². The molecule has 0 spiro atoms. The van der Waals surface area contributed by atoms with E-state index in [9.17, 15) is 4.79 Å². The summed E-state index contributed by atoms with van der Waals surface area (Å²) in [5.74, 6) is -0.875. The number of carbonyl (C=O) groups is 1. The molecule has 0 saturated carbocycles. The highest BCUT2D eigenvalue weighted by molar-refractivity contribution is 5.90. The van der Waals surface area contributed by atoms with Gasteiger partial charge >= 0.3 is 5.97 Å². The number of aryl methyl sites for hydroxylation is 1. The molecule has 0 radical (unpaired) electrons. The van der Waals surface area contributed by atoms with Gasteiger partial charge in [0.1, 0.15) is 0 Å². The molecule has 0 bridgehead atoms. The molecule has 0 unspecified atom stereocenters. The fraction of sp³-hybridized carbons (Fsp3) is 0.500. The Balaban J connectivity index is 2.34. The van der Waals surface area contributed by atoms with Gasteiger partial charge in [0.15, 0.2) is 0 Å². The fourth-order valence-corrected chi connectivity index (χ4v) is 2.39. The molecule has 0 aliphatic carbocycles. The second-order valence-electron chi connectivity index (χ2n) is 5.32. The summed E-state index contributed by atoms with van der Waals surface area (Å²) in [6.07, 6.45) is 0. The molecule has 18 heavy (non-hydrogen) atoms. The van der Waals surface area contributed by atoms with Crippen LogP contribution in [0.15, 0.2) is 18.2 Å². The summed E-state index contributed by atoms with van der Waals surface area (Å²) in [7, 11) is 0. The van der Waals surface area contributed by atoms with Gasteiger partial charge in [-0.15, -0.1) is 0 Å². The van der Waals surface area contributed by atoms with E-state index in [1.165, 1.54) is 0 Å². The SMILES string of the molecule is Cc1cc(N2CCOCC2(C)C)ccc1C(=O)O. The predicted octanol–water partition coefficient (Wildman–Crippen LogP) is 2.31. The topological polar surface area (TPSA) is 49.8 Å². The first-order valence-corrected chi connectivity index (χ1v) is 6.11. The van der Waals surface area contributed by atoms with Crippen LogP contribution in [0.1, 0.15) is 29.8 Å². The van der Waals surface area contributed by atoms with Crippen molar-refractivity contribution in [3.63, 3.8) is 0 Å². The van der Waals surface area contributed by atoms with Gasteiger partial charge in [-0.2, -0.15) is 0 Å². The lowest BCUT2D eigenvalue weighted by atomic mass is 9.99. The Hall–Kier alpha value is -1.55. The maximum atomic E-state index is 11.0. The maximum Gasteiger partial charge on any atom is 0.335 e. The molecule has 1 aliphatic rings. The van der Waals surface area contributed by atoms with Crippen LogP contribution in [0.25, 0.3) is 0 Å². The quantitative estimate of drug-likeness (QED) is 0.873. The lowest BCUT2D eigenvalue weighted by molar-refractivity contribution is 0.0643. The first-order valence-electron chi connectivity index (χ1n) is 6.11. The Kier molecular flexibility index (Phi) is 3.30.